The molecule has 10 heteroatoms. The Hall–Kier alpha value is -3.82. The van der Waals surface area contributed by atoms with Gasteiger partial charge in [0, 0.05) is 22.7 Å². The zero-order chi connectivity index (χ0) is 22.1. The van der Waals surface area contributed by atoms with E-state index in [-0.39, 0.29) is 11.6 Å². The second-order valence-corrected chi connectivity index (χ2v) is 8.34. The van der Waals surface area contributed by atoms with Crippen LogP contribution < -0.4 is 5.32 Å². The number of benzene rings is 3. The van der Waals surface area contributed by atoms with Crippen molar-refractivity contribution in [1.82, 2.24) is 15.2 Å². The minimum atomic E-state index is -0.635. The first-order valence-electron chi connectivity index (χ1n) is 9.52. The molecule has 2 aromatic heterocycles. The number of aromatic nitrogens is 3. The molecule has 0 saturated heterocycles. The van der Waals surface area contributed by atoms with Crippen molar-refractivity contribution in [3.05, 3.63) is 99.4 Å². The molecule has 0 saturated carbocycles. The highest BCUT2D eigenvalue weighted by atomic mass is 35.5. The highest BCUT2D eigenvalue weighted by molar-refractivity contribution is 7.22. The van der Waals surface area contributed by atoms with Gasteiger partial charge in [0.05, 0.1) is 15.1 Å². The third kappa shape index (κ3) is 4.03. The Kier molecular flexibility index (Phi) is 5.26. The molecular weight excluding hydrogens is 450 g/mol. The molecule has 0 radical (unpaired) electrons. The number of anilines is 1. The Morgan fingerprint density at radius 1 is 1.03 bits per heavy atom. The summed E-state index contributed by atoms with van der Waals surface area (Å²) in [6, 6.07) is 20.5. The van der Waals surface area contributed by atoms with Gasteiger partial charge in [-0.1, -0.05) is 47.2 Å². The Balaban J connectivity index is 1.55. The topological polar surface area (TPSA) is 107 Å². The SMILES string of the molecule is O=[N+]([O-])c1cccc(C(Nc2nc3ccccc3s2)c2nnc(-c3ccc(Cl)cc3)o2)c1. The van der Waals surface area contributed by atoms with Gasteiger partial charge in [0.25, 0.3) is 5.69 Å². The predicted octanol–water partition coefficient (Wildman–Crippen LogP) is 6.11. The number of nitrogens with zero attached hydrogens (tertiary/aromatic N) is 4. The fourth-order valence-electron chi connectivity index (χ4n) is 3.22. The maximum absolute atomic E-state index is 11.3. The summed E-state index contributed by atoms with van der Waals surface area (Å²) in [5.41, 5.74) is 2.14. The molecule has 3 aromatic carbocycles. The molecule has 5 rings (SSSR count). The van der Waals surface area contributed by atoms with Gasteiger partial charge in [0.2, 0.25) is 11.8 Å². The lowest BCUT2D eigenvalue weighted by Gasteiger charge is -2.14. The molecule has 0 aliphatic rings. The van der Waals surface area contributed by atoms with Crippen LogP contribution in [0.25, 0.3) is 21.7 Å². The number of nitro benzene ring substituents is 1. The fraction of sp³-hybridized carbons (Fsp3) is 0.0455. The maximum atomic E-state index is 11.3. The lowest BCUT2D eigenvalue weighted by molar-refractivity contribution is -0.384. The Morgan fingerprint density at radius 3 is 2.62 bits per heavy atom. The summed E-state index contributed by atoms with van der Waals surface area (Å²) in [6.07, 6.45) is 0. The standard InChI is InChI=1S/C22H14ClN5O3S/c23-15-10-8-13(9-11-15)20-26-27-21(31-20)19(14-4-3-5-16(12-14)28(29)30)25-22-24-17-6-1-2-7-18(17)32-22/h1-12,19H,(H,24,25). The lowest BCUT2D eigenvalue weighted by Crippen LogP contribution is -2.13. The van der Waals surface area contributed by atoms with Crippen molar-refractivity contribution in [3.8, 4) is 11.5 Å². The number of halogens is 1. The smallest absolute Gasteiger partial charge is 0.269 e. The molecule has 0 aliphatic heterocycles. The summed E-state index contributed by atoms with van der Waals surface area (Å²) in [5.74, 6) is 0.577. The van der Waals surface area contributed by atoms with Crippen molar-refractivity contribution in [2.75, 3.05) is 5.32 Å². The molecule has 32 heavy (non-hydrogen) atoms. The van der Waals surface area contributed by atoms with Crippen molar-refractivity contribution in [3.63, 3.8) is 0 Å². The van der Waals surface area contributed by atoms with Crippen LogP contribution in [0.4, 0.5) is 10.8 Å². The van der Waals surface area contributed by atoms with E-state index in [1.54, 1.807) is 36.4 Å². The van der Waals surface area contributed by atoms with Crippen molar-refractivity contribution in [2.45, 2.75) is 6.04 Å². The van der Waals surface area contributed by atoms with Crippen LogP contribution in [0.15, 0.2) is 77.2 Å². The molecule has 5 aromatic rings. The van der Waals surface area contributed by atoms with Gasteiger partial charge in [-0.25, -0.2) is 4.98 Å². The van der Waals surface area contributed by atoms with Crippen LogP contribution in [-0.2, 0) is 0 Å². The predicted molar refractivity (Wildman–Crippen MR) is 123 cm³/mol. The van der Waals surface area contributed by atoms with Gasteiger partial charge in [-0.2, -0.15) is 0 Å². The first-order chi connectivity index (χ1) is 15.6. The number of non-ortho nitro benzene ring substituents is 1. The number of para-hydroxylation sites is 1. The van der Waals surface area contributed by atoms with Gasteiger partial charge in [-0.3, -0.25) is 10.1 Å². The van der Waals surface area contributed by atoms with E-state index in [1.165, 1.54) is 23.5 Å². The molecule has 158 valence electrons. The van der Waals surface area contributed by atoms with E-state index in [4.69, 9.17) is 16.0 Å². The number of nitrogens with one attached hydrogen (secondary N) is 1. The maximum Gasteiger partial charge on any atom is 0.269 e. The van der Waals surface area contributed by atoms with Crippen LogP contribution in [0.2, 0.25) is 5.02 Å². The van der Waals surface area contributed by atoms with Crippen LogP contribution in [0.1, 0.15) is 17.5 Å². The van der Waals surface area contributed by atoms with E-state index in [2.05, 4.69) is 20.5 Å². The molecule has 2 heterocycles. The summed E-state index contributed by atoms with van der Waals surface area (Å²) in [6.45, 7) is 0. The van der Waals surface area contributed by atoms with E-state index in [0.29, 0.717) is 27.2 Å². The Bertz CT molecular complexity index is 1380. The van der Waals surface area contributed by atoms with Gasteiger partial charge < -0.3 is 9.73 Å². The van der Waals surface area contributed by atoms with Crippen molar-refractivity contribution in [2.24, 2.45) is 0 Å². The van der Waals surface area contributed by atoms with Crippen LogP contribution in [0.3, 0.4) is 0 Å². The second-order valence-electron chi connectivity index (χ2n) is 6.87. The Morgan fingerprint density at radius 2 is 1.84 bits per heavy atom. The number of thiazole rings is 1. The van der Waals surface area contributed by atoms with Crippen molar-refractivity contribution >= 4 is 44.0 Å². The van der Waals surface area contributed by atoms with Gasteiger partial charge in [0.15, 0.2) is 5.13 Å². The van der Waals surface area contributed by atoms with Crippen LogP contribution >= 0.6 is 22.9 Å². The van der Waals surface area contributed by atoms with Crippen LogP contribution in [0, 0.1) is 10.1 Å². The molecule has 1 atom stereocenters. The zero-order valence-electron chi connectivity index (χ0n) is 16.3. The van der Waals surface area contributed by atoms with Gasteiger partial charge in [-0.05, 0) is 42.0 Å². The first kappa shape index (κ1) is 20.1. The highest BCUT2D eigenvalue weighted by Gasteiger charge is 2.24. The number of rotatable bonds is 6. The van der Waals surface area contributed by atoms with E-state index in [0.717, 1.165) is 10.2 Å². The van der Waals surface area contributed by atoms with Crippen LogP contribution in [-0.4, -0.2) is 20.1 Å². The molecule has 0 fully saturated rings. The normalized spacial score (nSPS) is 12.0. The van der Waals surface area contributed by atoms with Gasteiger partial charge in [-0.15, -0.1) is 10.2 Å². The van der Waals surface area contributed by atoms with Gasteiger partial charge >= 0.3 is 0 Å². The number of hydrogen-bond donors (Lipinski definition) is 1. The third-order valence-electron chi connectivity index (χ3n) is 4.75. The quantitative estimate of drug-likeness (QED) is 0.239. The number of nitro groups is 1. The summed E-state index contributed by atoms with van der Waals surface area (Å²) in [5, 5.41) is 24.2. The van der Waals surface area contributed by atoms with E-state index in [1.807, 2.05) is 24.3 Å². The molecule has 0 bridgehead atoms. The average Bonchev–Trinajstić information content (AvgIpc) is 3.45. The lowest BCUT2D eigenvalue weighted by atomic mass is 10.1. The highest BCUT2D eigenvalue weighted by Crippen LogP contribution is 2.33. The largest absolute Gasteiger partial charge is 0.418 e. The number of hydrogen-bond acceptors (Lipinski definition) is 8. The van der Waals surface area contributed by atoms with Gasteiger partial charge in [0.1, 0.15) is 6.04 Å². The van der Waals surface area contributed by atoms with Crippen LogP contribution in [0.5, 0.6) is 0 Å². The van der Waals surface area contributed by atoms with E-state index < -0.39 is 11.0 Å². The molecule has 0 aliphatic carbocycles. The molecule has 8 nitrogen and oxygen atoms in total. The van der Waals surface area contributed by atoms with Crippen molar-refractivity contribution < 1.29 is 9.34 Å². The molecule has 0 spiro atoms. The summed E-state index contributed by atoms with van der Waals surface area (Å²) >= 11 is 7.43. The summed E-state index contributed by atoms with van der Waals surface area (Å²) in [4.78, 5) is 15.5. The summed E-state index contributed by atoms with van der Waals surface area (Å²) < 4.78 is 6.97. The number of fused-ring (bicyclic) bond motifs is 1. The fourth-order valence-corrected chi connectivity index (χ4v) is 4.24. The monoisotopic (exact) mass is 463 g/mol. The van der Waals surface area contributed by atoms with E-state index >= 15 is 0 Å². The molecular formula is C22H14ClN5O3S. The first-order valence-corrected chi connectivity index (χ1v) is 10.7. The third-order valence-corrected chi connectivity index (χ3v) is 5.97. The molecule has 1 unspecified atom stereocenters. The second kappa shape index (κ2) is 8.37. The molecule has 0 amide bonds. The zero-order valence-corrected chi connectivity index (χ0v) is 17.9. The average molecular weight is 464 g/mol. The Labute approximate surface area is 190 Å². The minimum Gasteiger partial charge on any atom is -0.418 e. The van der Waals surface area contributed by atoms with E-state index in [9.17, 15) is 10.1 Å². The van der Waals surface area contributed by atoms with Crippen molar-refractivity contribution in [1.29, 1.82) is 0 Å². The molecule has 1 N–H and O–H groups in total. The minimum absolute atomic E-state index is 0.0314. The summed E-state index contributed by atoms with van der Waals surface area (Å²) in [7, 11) is 0.